The van der Waals surface area contributed by atoms with Gasteiger partial charge in [-0.25, -0.2) is 4.98 Å². The Balaban J connectivity index is 1.89. The van der Waals surface area contributed by atoms with Gasteiger partial charge >= 0.3 is 0 Å². The van der Waals surface area contributed by atoms with Crippen LogP contribution < -0.4 is 10.2 Å². The second kappa shape index (κ2) is 5.40. The fourth-order valence-corrected chi connectivity index (χ4v) is 3.62. The number of aromatic nitrogens is 1. The van der Waals surface area contributed by atoms with Crippen LogP contribution in [0.5, 0.6) is 0 Å². The molecule has 0 spiro atoms. The molecule has 0 bridgehead atoms. The molecule has 0 aliphatic carbocycles. The Labute approximate surface area is 134 Å². The first-order chi connectivity index (χ1) is 9.95. The number of aryl methyl sites for hydroxylation is 1. The molecule has 1 atom stereocenters. The number of aliphatic hydroxyl groups is 1. The van der Waals surface area contributed by atoms with E-state index in [1.54, 1.807) is 17.4 Å². The highest BCUT2D eigenvalue weighted by atomic mass is 79.9. The zero-order valence-corrected chi connectivity index (χ0v) is 14.0. The van der Waals surface area contributed by atoms with Crippen LogP contribution >= 0.6 is 27.3 Å². The van der Waals surface area contributed by atoms with E-state index in [-0.39, 0.29) is 5.91 Å². The largest absolute Gasteiger partial charge is 0.378 e. The quantitative estimate of drug-likeness (QED) is 0.875. The minimum Gasteiger partial charge on any atom is -0.378 e. The van der Waals surface area contributed by atoms with Gasteiger partial charge < -0.3 is 15.3 Å². The molecule has 7 heteroatoms. The molecule has 21 heavy (non-hydrogen) atoms. The Kier molecular flexibility index (Phi) is 3.73. The number of anilines is 2. The van der Waals surface area contributed by atoms with Crippen LogP contribution in [0.4, 0.5) is 11.4 Å². The Morgan fingerprint density at radius 2 is 2.29 bits per heavy atom. The van der Waals surface area contributed by atoms with Crippen LogP contribution in [-0.2, 0) is 11.3 Å². The lowest BCUT2D eigenvalue weighted by atomic mass is 10.1. The highest BCUT2D eigenvalue weighted by Gasteiger charge is 2.29. The van der Waals surface area contributed by atoms with E-state index in [1.807, 2.05) is 25.4 Å². The third kappa shape index (κ3) is 2.68. The van der Waals surface area contributed by atoms with Crippen LogP contribution in [0.3, 0.4) is 0 Å². The van der Waals surface area contributed by atoms with Crippen molar-refractivity contribution >= 4 is 44.5 Å². The maximum Gasteiger partial charge on any atom is 0.257 e. The van der Waals surface area contributed by atoms with Crippen molar-refractivity contribution in [3.8, 4) is 0 Å². The molecule has 2 aromatic rings. The van der Waals surface area contributed by atoms with Crippen molar-refractivity contribution < 1.29 is 9.90 Å². The van der Waals surface area contributed by atoms with Gasteiger partial charge in [-0.3, -0.25) is 4.79 Å². The van der Waals surface area contributed by atoms with Crippen LogP contribution in [0.2, 0.25) is 0 Å². The molecule has 2 N–H and O–H groups in total. The smallest absolute Gasteiger partial charge is 0.257 e. The van der Waals surface area contributed by atoms with Gasteiger partial charge in [-0.1, -0.05) is 0 Å². The van der Waals surface area contributed by atoms with Gasteiger partial charge in [-0.15, -0.1) is 11.3 Å². The number of nitrogens with zero attached hydrogens (tertiary/aromatic N) is 2. The summed E-state index contributed by atoms with van der Waals surface area (Å²) in [4.78, 5) is 18.0. The summed E-state index contributed by atoms with van der Waals surface area (Å²) in [7, 11) is 1.97. The number of benzene rings is 1. The second-order valence-electron chi connectivity index (χ2n) is 5.00. The molecule has 0 fully saturated rings. The minimum atomic E-state index is -1.09. The average Bonchev–Trinajstić information content (AvgIpc) is 2.95. The van der Waals surface area contributed by atoms with E-state index in [1.165, 1.54) is 0 Å². The summed E-state index contributed by atoms with van der Waals surface area (Å²) in [5, 5.41) is 15.6. The maximum atomic E-state index is 11.5. The molecule has 1 unspecified atom stereocenters. The van der Waals surface area contributed by atoms with E-state index in [9.17, 15) is 9.90 Å². The fourth-order valence-electron chi connectivity index (χ4n) is 2.36. The zero-order chi connectivity index (χ0) is 15.1. The van der Waals surface area contributed by atoms with Gasteiger partial charge in [0.05, 0.1) is 22.9 Å². The predicted molar refractivity (Wildman–Crippen MR) is 86.7 cm³/mol. The summed E-state index contributed by atoms with van der Waals surface area (Å²) in [6.45, 7) is 2.66. The number of amides is 1. The Morgan fingerprint density at radius 1 is 1.52 bits per heavy atom. The van der Waals surface area contributed by atoms with Crippen LogP contribution in [0, 0.1) is 6.92 Å². The van der Waals surface area contributed by atoms with E-state index in [0.717, 1.165) is 20.9 Å². The standard InChI is InChI=1S/C14H14BrN3O2S/c1-7-16-8(6-21-7)5-18(2)12-4-11-9(3-10(12)15)13(19)14(20)17-11/h3-4,6,13,19H,5H2,1-2H3,(H,17,20). The van der Waals surface area contributed by atoms with E-state index < -0.39 is 6.10 Å². The maximum absolute atomic E-state index is 11.5. The minimum absolute atomic E-state index is 0.383. The van der Waals surface area contributed by atoms with Crippen molar-refractivity contribution in [2.75, 3.05) is 17.3 Å². The van der Waals surface area contributed by atoms with Gasteiger partial charge in [0.1, 0.15) is 0 Å². The first kappa shape index (κ1) is 14.5. The predicted octanol–water partition coefficient (Wildman–Crippen LogP) is 2.84. The van der Waals surface area contributed by atoms with E-state index in [0.29, 0.717) is 17.8 Å². The van der Waals surface area contributed by atoms with Gasteiger partial charge in [-0.2, -0.15) is 0 Å². The summed E-state index contributed by atoms with van der Waals surface area (Å²) in [5.41, 5.74) is 3.21. The first-order valence-electron chi connectivity index (χ1n) is 6.40. The summed E-state index contributed by atoms with van der Waals surface area (Å²) >= 11 is 5.13. The van der Waals surface area contributed by atoms with Crippen molar-refractivity contribution in [3.63, 3.8) is 0 Å². The molecule has 1 aromatic carbocycles. The van der Waals surface area contributed by atoms with Crippen molar-refractivity contribution in [3.05, 3.63) is 38.3 Å². The second-order valence-corrected chi connectivity index (χ2v) is 6.91. The topological polar surface area (TPSA) is 65.5 Å². The summed E-state index contributed by atoms with van der Waals surface area (Å²) in [5.74, 6) is -0.383. The molecule has 1 amide bonds. The van der Waals surface area contributed by atoms with Gasteiger partial charge in [0.25, 0.3) is 5.91 Å². The molecule has 2 heterocycles. The number of aliphatic hydroxyl groups excluding tert-OH is 1. The van der Waals surface area contributed by atoms with Gasteiger partial charge in [-0.05, 0) is 35.0 Å². The number of carbonyl (C=O) groups is 1. The summed E-state index contributed by atoms with van der Waals surface area (Å²) in [6, 6.07) is 3.66. The highest BCUT2D eigenvalue weighted by Crippen LogP contribution is 2.39. The van der Waals surface area contributed by atoms with Crippen LogP contribution in [0.1, 0.15) is 22.4 Å². The lowest BCUT2D eigenvalue weighted by molar-refractivity contribution is -0.123. The van der Waals surface area contributed by atoms with Crippen molar-refractivity contribution in [2.45, 2.75) is 19.6 Å². The van der Waals surface area contributed by atoms with Crippen molar-refractivity contribution in [1.82, 2.24) is 4.98 Å². The monoisotopic (exact) mass is 367 g/mol. The lowest BCUT2D eigenvalue weighted by Gasteiger charge is -2.21. The number of halogens is 1. The van der Waals surface area contributed by atoms with E-state index >= 15 is 0 Å². The number of hydrogen-bond donors (Lipinski definition) is 2. The molecule has 1 aliphatic heterocycles. The molecule has 0 saturated heterocycles. The van der Waals surface area contributed by atoms with Crippen LogP contribution in [0.25, 0.3) is 0 Å². The number of rotatable bonds is 3. The van der Waals surface area contributed by atoms with E-state index in [4.69, 9.17) is 0 Å². The number of nitrogens with one attached hydrogen (secondary N) is 1. The third-order valence-electron chi connectivity index (χ3n) is 3.40. The van der Waals surface area contributed by atoms with E-state index in [2.05, 4.69) is 31.1 Å². The molecular formula is C14H14BrN3O2S. The number of hydrogen-bond acceptors (Lipinski definition) is 5. The molecule has 5 nitrogen and oxygen atoms in total. The van der Waals surface area contributed by atoms with Crippen LogP contribution in [-0.4, -0.2) is 23.0 Å². The Morgan fingerprint density at radius 3 is 2.95 bits per heavy atom. The van der Waals surface area contributed by atoms with Gasteiger partial charge in [0.2, 0.25) is 0 Å². The van der Waals surface area contributed by atoms with Crippen molar-refractivity contribution in [2.24, 2.45) is 0 Å². The highest BCUT2D eigenvalue weighted by molar-refractivity contribution is 9.10. The fraction of sp³-hybridized carbons (Fsp3) is 0.286. The SMILES string of the molecule is Cc1nc(CN(C)c2cc3c(cc2Br)C(O)C(=O)N3)cs1. The van der Waals surface area contributed by atoms with Crippen LogP contribution in [0.15, 0.2) is 22.0 Å². The number of fused-ring (bicyclic) bond motifs is 1. The molecule has 3 rings (SSSR count). The normalized spacial score (nSPS) is 16.8. The number of carbonyl (C=O) groups excluding carboxylic acids is 1. The Bertz CT molecular complexity index is 716. The lowest BCUT2D eigenvalue weighted by Crippen LogP contribution is -2.17. The summed E-state index contributed by atoms with van der Waals surface area (Å²) in [6.07, 6.45) is -1.09. The zero-order valence-electron chi connectivity index (χ0n) is 11.6. The molecule has 0 radical (unpaired) electrons. The van der Waals surface area contributed by atoms with Crippen molar-refractivity contribution in [1.29, 1.82) is 0 Å². The Hall–Kier alpha value is -1.44. The molecule has 0 saturated carbocycles. The first-order valence-corrected chi connectivity index (χ1v) is 8.07. The molecule has 1 aromatic heterocycles. The summed E-state index contributed by atoms with van der Waals surface area (Å²) < 4.78 is 0.839. The average molecular weight is 368 g/mol. The molecule has 1 aliphatic rings. The van der Waals surface area contributed by atoms with Gasteiger partial charge in [0.15, 0.2) is 6.10 Å². The van der Waals surface area contributed by atoms with Gasteiger partial charge in [0, 0.05) is 28.2 Å². The molecular weight excluding hydrogens is 354 g/mol. The third-order valence-corrected chi connectivity index (χ3v) is 4.85. The number of thiazole rings is 1. The molecule has 110 valence electrons.